The third-order valence-electron chi connectivity index (χ3n) is 5.18. The Labute approximate surface area is 177 Å². The smallest absolute Gasteiger partial charge is 0.312 e. The van der Waals surface area contributed by atoms with Gasteiger partial charge in [-0.2, -0.15) is 0 Å². The molecule has 0 radical (unpaired) electrons. The summed E-state index contributed by atoms with van der Waals surface area (Å²) in [5, 5.41) is 0. The third-order valence-corrected chi connectivity index (χ3v) is 7.11. The number of anilines is 1. The minimum atomic E-state index is -3.55. The fourth-order valence-corrected chi connectivity index (χ4v) is 5.53. The first-order valence-electron chi connectivity index (χ1n) is 9.28. The Morgan fingerprint density at radius 3 is 2.41 bits per heavy atom. The van der Waals surface area contributed by atoms with Gasteiger partial charge in [0.05, 0.1) is 11.4 Å². The largest absolute Gasteiger partial charge is 0.332 e. The van der Waals surface area contributed by atoms with E-state index in [0.29, 0.717) is 24.2 Å². The zero-order chi connectivity index (χ0) is 20.6. The fraction of sp³-hybridized carbons (Fsp3) is 0.300. The summed E-state index contributed by atoms with van der Waals surface area (Å²) in [6.07, 6.45) is 0.739. The lowest BCUT2D eigenvalue weighted by Gasteiger charge is -2.32. The standard InChI is InChI=1S/C20H20BrN3O4S/c21-15-6-8-17(9-7-15)24-19(25)18-12-16(10-11-23(18)20(24)26)22-29(27,28)13-14-4-2-1-3-5-14/h1-9,16,18,22H,10-13H2. The topological polar surface area (TPSA) is 86.8 Å². The molecule has 2 aliphatic rings. The zero-order valence-electron chi connectivity index (χ0n) is 15.5. The van der Waals surface area contributed by atoms with E-state index in [2.05, 4.69) is 20.7 Å². The van der Waals surface area contributed by atoms with Crippen molar-refractivity contribution >= 4 is 43.6 Å². The van der Waals surface area contributed by atoms with Crippen LogP contribution < -0.4 is 9.62 Å². The number of nitrogens with zero attached hydrogens (tertiary/aromatic N) is 2. The molecule has 0 saturated carbocycles. The van der Waals surface area contributed by atoms with E-state index in [1.165, 1.54) is 9.80 Å². The van der Waals surface area contributed by atoms with Crippen LogP contribution in [-0.2, 0) is 20.6 Å². The van der Waals surface area contributed by atoms with Crippen molar-refractivity contribution in [2.24, 2.45) is 0 Å². The SMILES string of the molecule is O=C1C2CC(NS(=O)(=O)Cc3ccccc3)CCN2C(=O)N1c1ccc(Br)cc1. The molecule has 2 heterocycles. The predicted molar refractivity (Wildman–Crippen MR) is 113 cm³/mol. The summed E-state index contributed by atoms with van der Waals surface area (Å²) >= 11 is 3.34. The van der Waals surface area contributed by atoms with Crippen molar-refractivity contribution in [1.82, 2.24) is 9.62 Å². The Hall–Kier alpha value is -2.23. The van der Waals surface area contributed by atoms with Crippen LogP contribution in [0.2, 0.25) is 0 Å². The number of fused-ring (bicyclic) bond motifs is 1. The van der Waals surface area contributed by atoms with Crippen molar-refractivity contribution in [2.75, 3.05) is 11.4 Å². The lowest BCUT2D eigenvalue weighted by atomic mass is 9.99. The molecule has 2 unspecified atom stereocenters. The highest BCUT2D eigenvalue weighted by Crippen LogP contribution is 2.31. The average molecular weight is 478 g/mol. The number of benzene rings is 2. The maximum absolute atomic E-state index is 12.9. The molecule has 0 spiro atoms. The number of carbonyl (C=O) groups excluding carboxylic acids is 2. The molecule has 7 nitrogen and oxygen atoms in total. The Morgan fingerprint density at radius 1 is 1.03 bits per heavy atom. The van der Waals surface area contributed by atoms with Crippen LogP contribution in [0.3, 0.4) is 0 Å². The number of hydrogen-bond acceptors (Lipinski definition) is 4. The molecule has 4 rings (SSSR count). The zero-order valence-corrected chi connectivity index (χ0v) is 17.9. The second-order valence-corrected chi connectivity index (χ2v) is 9.90. The summed E-state index contributed by atoms with van der Waals surface area (Å²) in [6.45, 7) is 0.334. The molecule has 2 fully saturated rings. The summed E-state index contributed by atoms with van der Waals surface area (Å²) in [5.41, 5.74) is 1.21. The highest BCUT2D eigenvalue weighted by atomic mass is 79.9. The molecule has 9 heteroatoms. The van der Waals surface area contributed by atoms with E-state index >= 15 is 0 Å². The quantitative estimate of drug-likeness (QED) is 0.670. The minimum absolute atomic E-state index is 0.114. The summed E-state index contributed by atoms with van der Waals surface area (Å²) in [4.78, 5) is 28.4. The van der Waals surface area contributed by atoms with Crippen molar-refractivity contribution in [3.05, 3.63) is 64.6 Å². The number of urea groups is 1. The van der Waals surface area contributed by atoms with Crippen molar-refractivity contribution < 1.29 is 18.0 Å². The number of hydrogen-bond donors (Lipinski definition) is 1. The lowest BCUT2D eigenvalue weighted by molar-refractivity contribution is -0.120. The summed E-state index contributed by atoms with van der Waals surface area (Å²) in [7, 11) is -3.55. The van der Waals surface area contributed by atoms with Crippen molar-refractivity contribution in [3.63, 3.8) is 0 Å². The van der Waals surface area contributed by atoms with Crippen LogP contribution in [0.4, 0.5) is 10.5 Å². The van der Waals surface area contributed by atoms with Gasteiger partial charge in [-0.15, -0.1) is 0 Å². The van der Waals surface area contributed by atoms with Gasteiger partial charge in [0.15, 0.2) is 0 Å². The molecule has 3 amide bonds. The number of imide groups is 1. The first-order chi connectivity index (χ1) is 13.8. The number of sulfonamides is 1. The summed E-state index contributed by atoms with van der Waals surface area (Å²) < 4.78 is 28.6. The van der Waals surface area contributed by atoms with Crippen LogP contribution in [0.1, 0.15) is 18.4 Å². The highest BCUT2D eigenvalue weighted by Gasteiger charge is 2.48. The van der Waals surface area contributed by atoms with Crippen LogP contribution >= 0.6 is 15.9 Å². The van der Waals surface area contributed by atoms with Crippen LogP contribution in [0.15, 0.2) is 59.1 Å². The third kappa shape index (κ3) is 4.22. The van der Waals surface area contributed by atoms with Crippen molar-refractivity contribution in [1.29, 1.82) is 0 Å². The highest BCUT2D eigenvalue weighted by molar-refractivity contribution is 9.10. The number of nitrogens with one attached hydrogen (secondary N) is 1. The van der Waals surface area contributed by atoms with E-state index in [1.54, 1.807) is 48.5 Å². The normalized spacial score (nSPS) is 22.1. The first-order valence-corrected chi connectivity index (χ1v) is 11.7. The lowest BCUT2D eigenvalue weighted by Crippen LogP contribution is -2.49. The van der Waals surface area contributed by atoms with Gasteiger partial charge in [-0.1, -0.05) is 46.3 Å². The molecule has 0 bridgehead atoms. The summed E-state index contributed by atoms with van der Waals surface area (Å²) in [6, 6.07) is 14.5. The van der Waals surface area contributed by atoms with E-state index < -0.39 is 16.1 Å². The van der Waals surface area contributed by atoms with Gasteiger partial charge < -0.3 is 4.90 Å². The second-order valence-electron chi connectivity index (χ2n) is 7.23. The average Bonchev–Trinajstić information content (AvgIpc) is 2.93. The minimum Gasteiger partial charge on any atom is -0.312 e. The van der Waals surface area contributed by atoms with Gasteiger partial charge in [-0.25, -0.2) is 22.8 Å². The fourth-order valence-electron chi connectivity index (χ4n) is 3.82. The Kier molecular flexibility index (Phi) is 5.46. The maximum Gasteiger partial charge on any atom is 0.332 e. The van der Waals surface area contributed by atoms with Crippen molar-refractivity contribution in [3.8, 4) is 0 Å². The number of rotatable bonds is 5. The van der Waals surface area contributed by atoms with E-state index in [4.69, 9.17) is 0 Å². The molecule has 29 heavy (non-hydrogen) atoms. The van der Waals surface area contributed by atoms with E-state index in [1.807, 2.05) is 6.07 Å². The number of halogens is 1. The molecule has 0 aliphatic carbocycles. The van der Waals surface area contributed by atoms with Gasteiger partial charge >= 0.3 is 6.03 Å². The summed E-state index contributed by atoms with van der Waals surface area (Å²) in [5.74, 6) is -0.430. The van der Waals surface area contributed by atoms with Crippen LogP contribution in [0.25, 0.3) is 0 Å². The van der Waals surface area contributed by atoms with Crippen LogP contribution in [0.5, 0.6) is 0 Å². The molecule has 152 valence electrons. The molecule has 2 atom stereocenters. The molecule has 2 aromatic rings. The number of amides is 3. The first kappa shape index (κ1) is 20.1. The predicted octanol–water partition coefficient (Wildman–Crippen LogP) is 2.87. The molecular formula is C20H20BrN3O4S. The van der Waals surface area contributed by atoms with Gasteiger partial charge in [0.25, 0.3) is 5.91 Å². The van der Waals surface area contributed by atoms with Gasteiger partial charge in [0.2, 0.25) is 10.0 Å². The van der Waals surface area contributed by atoms with Crippen molar-refractivity contribution in [2.45, 2.75) is 30.7 Å². The van der Waals surface area contributed by atoms with E-state index in [-0.39, 0.29) is 30.2 Å². The second kappa shape index (κ2) is 7.89. The molecule has 2 aliphatic heterocycles. The maximum atomic E-state index is 12.9. The Morgan fingerprint density at radius 2 is 1.72 bits per heavy atom. The molecule has 2 saturated heterocycles. The van der Waals surface area contributed by atoms with E-state index in [0.717, 1.165) is 4.47 Å². The van der Waals surface area contributed by atoms with Crippen LogP contribution in [0, 0.1) is 0 Å². The molecule has 2 aromatic carbocycles. The van der Waals surface area contributed by atoms with Gasteiger partial charge in [-0.3, -0.25) is 4.79 Å². The van der Waals surface area contributed by atoms with Gasteiger partial charge in [0.1, 0.15) is 6.04 Å². The van der Waals surface area contributed by atoms with Crippen LogP contribution in [-0.4, -0.2) is 43.9 Å². The number of carbonyl (C=O) groups is 2. The van der Waals surface area contributed by atoms with Gasteiger partial charge in [-0.05, 0) is 42.7 Å². The number of piperidine rings is 1. The monoisotopic (exact) mass is 477 g/mol. The Bertz CT molecular complexity index is 1030. The Balaban J connectivity index is 1.46. The molecular weight excluding hydrogens is 458 g/mol. The van der Waals surface area contributed by atoms with E-state index in [9.17, 15) is 18.0 Å². The molecule has 0 aromatic heterocycles. The van der Waals surface area contributed by atoms with Gasteiger partial charge in [0, 0.05) is 17.1 Å². The molecule has 1 N–H and O–H groups in total.